The van der Waals surface area contributed by atoms with E-state index in [-0.39, 0.29) is 6.42 Å². The number of halogens is 2. The zero-order chi connectivity index (χ0) is 11.3. The van der Waals surface area contributed by atoms with Crippen molar-refractivity contribution >= 4 is 0 Å². The van der Waals surface area contributed by atoms with Crippen molar-refractivity contribution in [3.05, 3.63) is 5.82 Å². The first-order valence-electron chi connectivity index (χ1n) is 4.88. The van der Waals surface area contributed by atoms with Crippen LogP contribution in [0.15, 0.2) is 0 Å². The highest BCUT2D eigenvalue weighted by atomic mass is 19.3. The summed E-state index contributed by atoms with van der Waals surface area (Å²) in [5, 5.41) is 13.9. The third-order valence-electron chi connectivity index (χ3n) is 1.91. The summed E-state index contributed by atoms with van der Waals surface area (Å²) in [7, 11) is 1.60. The predicted molar refractivity (Wildman–Crippen MR) is 50.6 cm³/mol. The molecule has 0 bridgehead atoms. The monoisotopic (exact) mass is 219 g/mol. The molecule has 1 aromatic heterocycles. The topological polar surface area (TPSA) is 55.6 Å². The molecular weight excluding hydrogens is 204 g/mol. The van der Waals surface area contributed by atoms with Gasteiger partial charge in [-0.25, -0.2) is 8.78 Å². The largest absolute Gasteiger partial charge is 0.309 e. The van der Waals surface area contributed by atoms with E-state index in [4.69, 9.17) is 0 Å². The molecule has 1 unspecified atom stereocenters. The lowest BCUT2D eigenvalue weighted by molar-refractivity contribution is 0.0973. The highest BCUT2D eigenvalue weighted by Crippen LogP contribution is 2.05. The van der Waals surface area contributed by atoms with Crippen LogP contribution in [0.3, 0.4) is 0 Å². The molecular formula is C8H15F2N5. The number of nitrogens with one attached hydrogen (secondary N) is 1. The lowest BCUT2D eigenvalue weighted by atomic mass is 10.2. The van der Waals surface area contributed by atoms with Crippen molar-refractivity contribution in [2.75, 3.05) is 6.54 Å². The Bertz CT molecular complexity index is 288. The zero-order valence-corrected chi connectivity index (χ0v) is 8.82. The summed E-state index contributed by atoms with van der Waals surface area (Å²) in [6.07, 6.45) is -1.50. The second-order valence-corrected chi connectivity index (χ2v) is 3.29. The number of hydrogen-bond donors (Lipinski definition) is 1. The van der Waals surface area contributed by atoms with Gasteiger partial charge in [0.2, 0.25) is 0 Å². The van der Waals surface area contributed by atoms with Crippen LogP contribution in [-0.2, 0) is 13.5 Å². The van der Waals surface area contributed by atoms with E-state index in [9.17, 15) is 8.78 Å². The zero-order valence-electron chi connectivity index (χ0n) is 8.82. The Balaban J connectivity index is 2.50. The van der Waals surface area contributed by atoms with Crippen molar-refractivity contribution in [3.8, 4) is 0 Å². The summed E-state index contributed by atoms with van der Waals surface area (Å²) in [6, 6.07) is -0.894. The van der Waals surface area contributed by atoms with Gasteiger partial charge in [0.25, 0.3) is 6.43 Å². The highest BCUT2D eigenvalue weighted by molar-refractivity contribution is 4.85. The minimum absolute atomic E-state index is 0.103. The third kappa shape index (κ3) is 3.86. The Labute approximate surface area is 86.9 Å². The van der Waals surface area contributed by atoms with E-state index in [1.165, 1.54) is 4.80 Å². The standard InChI is InChI=1S/C8H15F2N5/c1-3-4-11-6(8(9)10)5-7-12-14-15(2)13-7/h6,8,11H,3-5H2,1-2H3. The molecule has 0 aliphatic rings. The lowest BCUT2D eigenvalue weighted by Crippen LogP contribution is -2.38. The number of rotatable bonds is 6. The van der Waals surface area contributed by atoms with Crippen molar-refractivity contribution in [1.82, 2.24) is 25.5 Å². The minimum Gasteiger partial charge on any atom is -0.309 e. The number of nitrogens with zero attached hydrogens (tertiary/aromatic N) is 4. The van der Waals surface area contributed by atoms with Gasteiger partial charge in [-0.05, 0) is 18.2 Å². The first kappa shape index (κ1) is 12.0. The molecule has 1 heterocycles. The van der Waals surface area contributed by atoms with Gasteiger partial charge in [0, 0.05) is 6.42 Å². The molecule has 0 saturated heterocycles. The second kappa shape index (κ2) is 5.69. The number of tetrazole rings is 1. The minimum atomic E-state index is -2.42. The van der Waals surface area contributed by atoms with E-state index in [2.05, 4.69) is 20.7 Å². The first-order valence-corrected chi connectivity index (χ1v) is 4.88. The van der Waals surface area contributed by atoms with Gasteiger partial charge in [-0.2, -0.15) is 4.80 Å². The Kier molecular flexibility index (Phi) is 4.54. The molecule has 1 N–H and O–H groups in total. The first-order chi connectivity index (χ1) is 7.13. The summed E-state index contributed by atoms with van der Waals surface area (Å²) >= 11 is 0. The average Bonchev–Trinajstić information content (AvgIpc) is 2.58. The van der Waals surface area contributed by atoms with Crippen LogP contribution in [0.2, 0.25) is 0 Å². The Morgan fingerprint density at radius 1 is 1.47 bits per heavy atom. The molecule has 7 heteroatoms. The summed E-state index contributed by atoms with van der Waals surface area (Å²) in [5.41, 5.74) is 0. The summed E-state index contributed by atoms with van der Waals surface area (Å²) in [6.45, 7) is 2.49. The SMILES string of the molecule is CCCNC(Cc1nnn(C)n1)C(F)F. The van der Waals surface area contributed by atoms with Gasteiger partial charge in [0.05, 0.1) is 13.1 Å². The lowest BCUT2D eigenvalue weighted by Gasteiger charge is -2.15. The molecule has 0 saturated carbocycles. The fraction of sp³-hybridized carbons (Fsp3) is 0.875. The number of aromatic nitrogens is 4. The second-order valence-electron chi connectivity index (χ2n) is 3.29. The van der Waals surface area contributed by atoms with Crippen molar-refractivity contribution in [2.45, 2.75) is 32.2 Å². The van der Waals surface area contributed by atoms with Crippen LogP contribution in [0.4, 0.5) is 8.78 Å². The average molecular weight is 219 g/mol. The van der Waals surface area contributed by atoms with Crippen molar-refractivity contribution in [2.24, 2.45) is 7.05 Å². The fourth-order valence-electron chi connectivity index (χ4n) is 1.18. The van der Waals surface area contributed by atoms with Gasteiger partial charge >= 0.3 is 0 Å². The molecule has 0 amide bonds. The summed E-state index contributed by atoms with van der Waals surface area (Å²) in [5.74, 6) is 0.339. The normalized spacial score (nSPS) is 13.4. The maximum atomic E-state index is 12.6. The Morgan fingerprint density at radius 2 is 2.20 bits per heavy atom. The van der Waals surface area contributed by atoms with Gasteiger partial charge in [-0.1, -0.05) is 6.92 Å². The van der Waals surface area contributed by atoms with E-state index in [1.807, 2.05) is 6.92 Å². The van der Waals surface area contributed by atoms with Gasteiger partial charge in [0.15, 0.2) is 5.82 Å². The molecule has 86 valence electrons. The van der Waals surface area contributed by atoms with Crippen LogP contribution in [-0.4, -0.2) is 39.2 Å². The maximum absolute atomic E-state index is 12.6. The molecule has 0 aliphatic carbocycles. The molecule has 1 rings (SSSR count). The van der Waals surface area contributed by atoms with E-state index >= 15 is 0 Å². The van der Waals surface area contributed by atoms with E-state index in [1.54, 1.807) is 7.05 Å². The van der Waals surface area contributed by atoms with Crippen LogP contribution < -0.4 is 5.32 Å². The van der Waals surface area contributed by atoms with Crippen LogP contribution in [0.1, 0.15) is 19.2 Å². The molecule has 1 atom stereocenters. The van der Waals surface area contributed by atoms with E-state index in [0.29, 0.717) is 12.4 Å². The van der Waals surface area contributed by atoms with Gasteiger partial charge in [-0.15, -0.1) is 10.2 Å². The van der Waals surface area contributed by atoms with E-state index in [0.717, 1.165) is 6.42 Å². The van der Waals surface area contributed by atoms with Crippen molar-refractivity contribution < 1.29 is 8.78 Å². The number of hydrogen-bond acceptors (Lipinski definition) is 4. The van der Waals surface area contributed by atoms with Crippen molar-refractivity contribution in [3.63, 3.8) is 0 Å². The van der Waals surface area contributed by atoms with Crippen LogP contribution in [0.5, 0.6) is 0 Å². The van der Waals surface area contributed by atoms with Crippen LogP contribution >= 0.6 is 0 Å². The number of aryl methyl sites for hydroxylation is 1. The molecule has 15 heavy (non-hydrogen) atoms. The Hall–Kier alpha value is -1.11. The maximum Gasteiger partial charge on any atom is 0.254 e. The van der Waals surface area contributed by atoms with Gasteiger partial charge in [0.1, 0.15) is 0 Å². The van der Waals surface area contributed by atoms with E-state index < -0.39 is 12.5 Å². The summed E-state index contributed by atoms with van der Waals surface area (Å²) < 4.78 is 25.1. The fourth-order valence-corrected chi connectivity index (χ4v) is 1.18. The van der Waals surface area contributed by atoms with Gasteiger partial charge in [-0.3, -0.25) is 0 Å². The predicted octanol–water partition coefficient (Wildman–Crippen LogP) is 0.386. The third-order valence-corrected chi connectivity index (χ3v) is 1.91. The molecule has 0 aromatic carbocycles. The van der Waals surface area contributed by atoms with Crippen LogP contribution in [0.25, 0.3) is 0 Å². The number of alkyl halides is 2. The summed E-state index contributed by atoms with van der Waals surface area (Å²) in [4.78, 5) is 1.26. The highest BCUT2D eigenvalue weighted by Gasteiger charge is 2.21. The molecule has 0 aliphatic heterocycles. The molecule has 5 nitrogen and oxygen atoms in total. The smallest absolute Gasteiger partial charge is 0.254 e. The molecule has 1 aromatic rings. The quantitative estimate of drug-likeness (QED) is 0.751. The molecule has 0 fully saturated rings. The van der Waals surface area contributed by atoms with Crippen molar-refractivity contribution in [1.29, 1.82) is 0 Å². The molecule has 0 spiro atoms. The Morgan fingerprint density at radius 3 is 2.67 bits per heavy atom. The molecule has 0 radical (unpaired) electrons. The van der Waals surface area contributed by atoms with Gasteiger partial charge < -0.3 is 5.32 Å². The van der Waals surface area contributed by atoms with Crippen LogP contribution in [0, 0.1) is 0 Å².